The van der Waals surface area contributed by atoms with Crippen LogP contribution in [0.4, 0.5) is 0 Å². The van der Waals surface area contributed by atoms with Crippen LogP contribution in [0.1, 0.15) is 34.6 Å². The van der Waals surface area contributed by atoms with Gasteiger partial charge >= 0.3 is 0 Å². The third kappa shape index (κ3) is 2.22. The van der Waals surface area contributed by atoms with Crippen molar-refractivity contribution in [1.29, 1.82) is 0 Å². The summed E-state index contributed by atoms with van der Waals surface area (Å²) >= 11 is 0. The van der Waals surface area contributed by atoms with Crippen LogP contribution in [0.25, 0.3) is 10.8 Å². The van der Waals surface area contributed by atoms with Crippen molar-refractivity contribution in [2.75, 3.05) is 6.54 Å². The van der Waals surface area contributed by atoms with E-state index in [1.807, 2.05) is 24.3 Å². The summed E-state index contributed by atoms with van der Waals surface area (Å²) in [5.74, 6) is -0.729. The SMILES string of the molecule is CC(=O)/C=C(\C)CN1C(=O)c2cccc3cccc(c23)C1=O. The molecule has 110 valence electrons. The molecule has 0 saturated heterocycles. The highest BCUT2D eigenvalue weighted by atomic mass is 16.2. The second-order valence-corrected chi connectivity index (χ2v) is 5.51. The van der Waals surface area contributed by atoms with Crippen LogP contribution in [0.3, 0.4) is 0 Å². The van der Waals surface area contributed by atoms with Gasteiger partial charge in [-0.05, 0) is 43.0 Å². The third-order valence-corrected chi connectivity index (χ3v) is 3.71. The lowest BCUT2D eigenvalue weighted by molar-refractivity contribution is -0.112. The van der Waals surface area contributed by atoms with Crippen LogP contribution in [0, 0.1) is 0 Å². The topological polar surface area (TPSA) is 54.5 Å². The molecule has 0 unspecified atom stereocenters. The highest BCUT2D eigenvalue weighted by Gasteiger charge is 2.32. The third-order valence-electron chi connectivity index (χ3n) is 3.71. The summed E-state index contributed by atoms with van der Waals surface area (Å²) in [6, 6.07) is 10.9. The lowest BCUT2D eigenvalue weighted by atomic mass is 9.94. The molecule has 0 aliphatic carbocycles. The van der Waals surface area contributed by atoms with Gasteiger partial charge in [-0.2, -0.15) is 0 Å². The number of carbonyl (C=O) groups excluding carboxylic acids is 3. The number of amides is 2. The molecule has 2 aromatic carbocycles. The summed E-state index contributed by atoms with van der Waals surface area (Å²) in [7, 11) is 0. The van der Waals surface area contributed by atoms with E-state index in [0.29, 0.717) is 22.1 Å². The second kappa shape index (κ2) is 5.22. The van der Waals surface area contributed by atoms with Crippen molar-refractivity contribution in [3.05, 3.63) is 59.2 Å². The maximum atomic E-state index is 12.6. The molecule has 3 rings (SSSR count). The Balaban J connectivity index is 2.10. The molecule has 0 fully saturated rings. The van der Waals surface area contributed by atoms with Gasteiger partial charge in [-0.1, -0.05) is 24.3 Å². The first-order valence-electron chi connectivity index (χ1n) is 7.04. The maximum absolute atomic E-state index is 12.6. The van der Waals surface area contributed by atoms with Gasteiger partial charge in [0.15, 0.2) is 5.78 Å². The summed E-state index contributed by atoms with van der Waals surface area (Å²) in [5.41, 5.74) is 1.74. The molecule has 4 nitrogen and oxygen atoms in total. The minimum absolute atomic E-state index is 0.100. The summed E-state index contributed by atoms with van der Waals surface area (Å²) in [6.07, 6.45) is 1.45. The van der Waals surface area contributed by atoms with Crippen LogP contribution in [-0.4, -0.2) is 29.0 Å². The molecule has 1 aliphatic heterocycles. The van der Waals surface area contributed by atoms with E-state index in [4.69, 9.17) is 0 Å². The maximum Gasteiger partial charge on any atom is 0.261 e. The first-order chi connectivity index (χ1) is 10.5. The van der Waals surface area contributed by atoms with Crippen LogP contribution >= 0.6 is 0 Å². The predicted octanol–water partition coefficient (Wildman–Crippen LogP) is 2.97. The smallest absolute Gasteiger partial charge is 0.261 e. The zero-order valence-electron chi connectivity index (χ0n) is 12.4. The number of allylic oxidation sites excluding steroid dienone is 1. The molecule has 0 saturated carbocycles. The summed E-state index contributed by atoms with van der Waals surface area (Å²) in [5, 5.41) is 1.59. The summed E-state index contributed by atoms with van der Waals surface area (Å²) in [6.45, 7) is 3.31. The standard InChI is InChI=1S/C18H15NO3/c1-11(9-12(2)20)10-19-17(21)14-7-3-5-13-6-4-8-15(16(13)14)18(19)22/h3-9H,10H2,1-2H3/b11-9+. The number of nitrogens with zero attached hydrogens (tertiary/aromatic N) is 1. The second-order valence-electron chi connectivity index (χ2n) is 5.51. The molecule has 0 spiro atoms. The van der Waals surface area contributed by atoms with Crippen LogP contribution in [0.5, 0.6) is 0 Å². The monoisotopic (exact) mass is 293 g/mol. The van der Waals surface area contributed by atoms with Gasteiger partial charge in [0, 0.05) is 16.5 Å². The molecule has 22 heavy (non-hydrogen) atoms. The quantitative estimate of drug-likeness (QED) is 0.646. The molecule has 2 amide bonds. The van der Waals surface area contributed by atoms with Gasteiger partial charge in [-0.15, -0.1) is 0 Å². The van der Waals surface area contributed by atoms with Crippen LogP contribution in [0.15, 0.2) is 48.0 Å². The Morgan fingerprint density at radius 1 is 1.00 bits per heavy atom. The average molecular weight is 293 g/mol. The summed E-state index contributed by atoms with van der Waals surface area (Å²) < 4.78 is 0. The number of hydrogen-bond donors (Lipinski definition) is 0. The molecule has 0 N–H and O–H groups in total. The first-order valence-corrected chi connectivity index (χ1v) is 7.04. The Morgan fingerprint density at radius 3 is 2.05 bits per heavy atom. The van der Waals surface area contributed by atoms with Crippen LogP contribution in [-0.2, 0) is 4.79 Å². The van der Waals surface area contributed by atoms with Gasteiger partial charge in [0.25, 0.3) is 11.8 Å². The minimum Gasteiger partial charge on any atom is -0.295 e. The fourth-order valence-electron chi connectivity index (χ4n) is 2.87. The number of benzene rings is 2. The van der Waals surface area contributed by atoms with Crippen molar-refractivity contribution in [3.63, 3.8) is 0 Å². The van der Waals surface area contributed by atoms with Gasteiger partial charge in [0.2, 0.25) is 0 Å². The van der Waals surface area contributed by atoms with Gasteiger partial charge in [0.05, 0.1) is 6.54 Å². The van der Waals surface area contributed by atoms with E-state index >= 15 is 0 Å². The molecule has 0 atom stereocenters. The number of hydrogen-bond acceptors (Lipinski definition) is 3. The molecule has 1 aliphatic rings. The predicted molar refractivity (Wildman–Crippen MR) is 83.8 cm³/mol. The van der Waals surface area contributed by atoms with Gasteiger partial charge in [0.1, 0.15) is 0 Å². The average Bonchev–Trinajstić information content (AvgIpc) is 2.48. The van der Waals surface area contributed by atoms with Crippen LogP contribution in [0.2, 0.25) is 0 Å². The highest BCUT2D eigenvalue weighted by Crippen LogP contribution is 2.30. The van der Waals surface area contributed by atoms with E-state index in [0.717, 1.165) is 5.39 Å². The normalized spacial score (nSPS) is 14.6. The van der Waals surface area contributed by atoms with E-state index in [-0.39, 0.29) is 24.1 Å². The Hall–Kier alpha value is -2.75. The fraction of sp³-hybridized carbons (Fsp3) is 0.167. The lowest BCUT2D eigenvalue weighted by Crippen LogP contribution is -2.41. The largest absolute Gasteiger partial charge is 0.295 e. The van der Waals surface area contributed by atoms with E-state index < -0.39 is 0 Å². The molecule has 4 heteroatoms. The van der Waals surface area contributed by atoms with Gasteiger partial charge in [-0.3, -0.25) is 19.3 Å². The van der Waals surface area contributed by atoms with E-state index in [1.165, 1.54) is 17.9 Å². The molecular formula is C18H15NO3. The van der Waals surface area contributed by atoms with E-state index in [1.54, 1.807) is 19.1 Å². The van der Waals surface area contributed by atoms with Crippen molar-refractivity contribution in [1.82, 2.24) is 4.90 Å². The number of carbonyl (C=O) groups is 3. The molecule has 0 radical (unpaired) electrons. The number of rotatable bonds is 3. The Morgan fingerprint density at radius 2 is 1.55 bits per heavy atom. The van der Waals surface area contributed by atoms with Crippen molar-refractivity contribution >= 4 is 28.4 Å². The summed E-state index contributed by atoms with van der Waals surface area (Å²) in [4.78, 5) is 37.6. The Kier molecular flexibility index (Phi) is 3.37. The minimum atomic E-state index is -0.314. The molecular weight excluding hydrogens is 278 g/mol. The molecule has 0 bridgehead atoms. The molecule has 0 aromatic heterocycles. The lowest BCUT2D eigenvalue weighted by Gasteiger charge is -2.27. The zero-order valence-corrected chi connectivity index (χ0v) is 12.4. The number of imide groups is 1. The van der Waals surface area contributed by atoms with Crippen molar-refractivity contribution in [2.24, 2.45) is 0 Å². The van der Waals surface area contributed by atoms with Gasteiger partial charge in [-0.25, -0.2) is 0 Å². The molecule has 1 heterocycles. The van der Waals surface area contributed by atoms with Gasteiger partial charge < -0.3 is 0 Å². The Bertz CT molecular complexity index is 798. The van der Waals surface area contributed by atoms with Crippen molar-refractivity contribution in [3.8, 4) is 0 Å². The van der Waals surface area contributed by atoms with Crippen molar-refractivity contribution < 1.29 is 14.4 Å². The molecule has 2 aromatic rings. The zero-order chi connectivity index (χ0) is 15.9. The Labute approximate surface area is 128 Å². The fourth-order valence-corrected chi connectivity index (χ4v) is 2.87. The van der Waals surface area contributed by atoms with Crippen molar-refractivity contribution in [2.45, 2.75) is 13.8 Å². The van der Waals surface area contributed by atoms with Crippen LogP contribution < -0.4 is 0 Å². The van der Waals surface area contributed by atoms with E-state index in [9.17, 15) is 14.4 Å². The number of ketones is 1. The highest BCUT2D eigenvalue weighted by molar-refractivity contribution is 6.25. The van der Waals surface area contributed by atoms with E-state index in [2.05, 4.69) is 0 Å². The first kappa shape index (κ1) is 14.2.